The van der Waals surface area contributed by atoms with Gasteiger partial charge in [0.1, 0.15) is 6.10 Å². The van der Waals surface area contributed by atoms with Crippen LogP contribution in [0.1, 0.15) is 0 Å². The molecule has 0 spiro atoms. The van der Waals surface area contributed by atoms with Crippen LogP contribution in [-0.2, 0) is 19.2 Å². The highest BCUT2D eigenvalue weighted by atomic mass is 17.2. The van der Waals surface area contributed by atoms with Crippen molar-refractivity contribution in [1.29, 1.82) is 5.26 Å². The molecule has 0 amide bonds. The van der Waals surface area contributed by atoms with Gasteiger partial charge in [0.25, 0.3) is 0 Å². The number of aliphatic hydroxyl groups is 1. The van der Waals surface area contributed by atoms with Gasteiger partial charge in [-0.1, -0.05) is 0 Å². The van der Waals surface area contributed by atoms with Gasteiger partial charge in [-0.15, -0.1) is 0 Å². The monoisotopic (exact) mass is 202 g/mol. The minimum absolute atomic E-state index is 0.193. The second-order valence-electron chi connectivity index (χ2n) is 3.05. The molecule has 0 aromatic heterocycles. The summed E-state index contributed by atoms with van der Waals surface area (Å²) < 4.78 is 5.10. The lowest BCUT2D eigenvalue weighted by molar-refractivity contribution is -0.495. The maximum Gasteiger partial charge on any atom is 0.187 e. The first-order chi connectivity index (χ1) is 6.76. The third-order valence-electron chi connectivity index (χ3n) is 2.37. The van der Waals surface area contributed by atoms with E-state index in [1.807, 2.05) is 6.07 Å². The Morgan fingerprint density at radius 1 is 1.79 bits per heavy atom. The van der Waals surface area contributed by atoms with Crippen LogP contribution in [0.25, 0.3) is 0 Å². The molecule has 78 valence electrons. The molecule has 3 atom stereocenters. The molecule has 0 saturated carbocycles. The third-order valence-corrected chi connectivity index (χ3v) is 2.37. The van der Waals surface area contributed by atoms with Gasteiger partial charge in [-0.25, -0.2) is 9.68 Å². The Morgan fingerprint density at radius 2 is 2.57 bits per heavy atom. The highest BCUT2D eigenvalue weighted by molar-refractivity contribution is 5.11. The van der Waals surface area contributed by atoms with Gasteiger partial charge in [-0.05, 0) is 0 Å². The fourth-order valence-electron chi connectivity index (χ4n) is 1.57. The molecule has 0 bridgehead atoms. The Morgan fingerprint density at radius 3 is 3.14 bits per heavy atom. The predicted octanol–water partition coefficient (Wildman–Crippen LogP) is -1.25. The summed E-state index contributed by atoms with van der Waals surface area (Å²) in [5.74, 6) is 0. The van der Waals surface area contributed by atoms with Gasteiger partial charge in [0.2, 0.25) is 0 Å². The Kier molecular flexibility index (Phi) is 2.40. The molecule has 2 rings (SSSR count). The number of hydrogen-bond donors (Lipinski definition) is 1. The highest BCUT2D eigenvalue weighted by Gasteiger charge is 2.61. The molecule has 0 radical (unpaired) electrons. The molecule has 2 aliphatic rings. The van der Waals surface area contributed by atoms with Gasteiger partial charge in [0.05, 0.1) is 31.8 Å². The highest BCUT2D eigenvalue weighted by Crippen LogP contribution is 2.38. The molecule has 0 aromatic rings. The van der Waals surface area contributed by atoms with E-state index in [1.165, 1.54) is 7.11 Å². The first kappa shape index (κ1) is 9.79. The second-order valence-corrected chi connectivity index (χ2v) is 3.05. The van der Waals surface area contributed by atoms with Crippen LogP contribution in [0.4, 0.5) is 0 Å². The van der Waals surface area contributed by atoms with E-state index in [2.05, 4.69) is 4.84 Å². The van der Waals surface area contributed by atoms with E-state index in [1.54, 1.807) is 0 Å². The van der Waals surface area contributed by atoms with Crippen molar-refractivity contribution < 1.29 is 24.4 Å². The lowest BCUT2D eigenvalue weighted by Crippen LogP contribution is -2.48. The summed E-state index contributed by atoms with van der Waals surface area (Å²) in [7, 11) is 1.36. The van der Waals surface area contributed by atoms with Gasteiger partial charge in [0.15, 0.2) is 11.7 Å². The van der Waals surface area contributed by atoms with Crippen LogP contribution in [-0.4, -0.2) is 48.6 Å². The average Bonchev–Trinajstić information content (AvgIpc) is 2.71. The number of hydrogen-bond acceptors (Lipinski definition) is 7. The minimum Gasteiger partial charge on any atom is -0.393 e. The van der Waals surface area contributed by atoms with Crippen molar-refractivity contribution in [3.8, 4) is 6.07 Å². The zero-order valence-corrected chi connectivity index (χ0v) is 7.54. The van der Waals surface area contributed by atoms with Gasteiger partial charge in [-0.2, -0.15) is 5.26 Å². The molecule has 0 aromatic carbocycles. The SMILES string of the molecule is CON1OC2COC(C#N)C2(CO)O1. The molecular formula is C7H10N2O5. The van der Waals surface area contributed by atoms with Crippen molar-refractivity contribution in [1.82, 2.24) is 5.39 Å². The lowest BCUT2D eigenvalue weighted by atomic mass is 9.95. The summed E-state index contributed by atoms with van der Waals surface area (Å²) in [6.45, 7) is -0.172. The van der Waals surface area contributed by atoms with Crippen molar-refractivity contribution in [3.63, 3.8) is 0 Å². The maximum absolute atomic E-state index is 9.22. The summed E-state index contributed by atoms with van der Waals surface area (Å²) >= 11 is 0. The molecule has 2 saturated heterocycles. The van der Waals surface area contributed by atoms with Crippen LogP contribution in [0.2, 0.25) is 0 Å². The predicted molar refractivity (Wildman–Crippen MR) is 40.0 cm³/mol. The summed E-state index contributed by atoms with van der Waals surface area (Å²) in [5.41, 5.74) is -1.16. The molecule has 7 nitrogen and oxygen atoms in total. The van der Waals surface area contributed by atoms with Crippen LogP contribution >= 0.6 is 0 Å². The summed E-state index contributed by atoms with van der Waals surface area (Å²) in [6, 6.07) is 1.90. The molecule has 0 aliphatic carbocycles. The van der Waals surface area contributed by atoms with E-state index in [0.717, 1.165) is 5.39 Å². The van der Waals surface area contributed by atoms with Gasteiger partial charge < -0.3 is 9.84 Å². The number of aliphatic hydroxyl groups excluding tert-OH is 1. The molecule has 14 heavy (non-hydrogen) atoms. The van der Waals surface area contributed by atoms with Crippen molar-refractivity contribution in [2.24, 2.45) is 0 Å². The van der Waals surface area contributed by atoms with Crippen molar-refractivity contribution >= 4 is 0 Å². The average molecular weight is 202 g/mol. The van der Waals surface area contributed by atoms with Gasteiger partial charge >= 0.3 is 0 Å². The van der Waals surface area contributed by atoms with Crippen LogP contribution in [0.5, 0.6) is 0 Å². The largest absolute Gasteiger partial charge is 0.393 e. The number of fused-ring (bicyclic) bond motifs is 1. The molecule has 2 fully saturated rings. The first-order valence-corrected chi connectivity index (χ1v) is 4.09. The number of nitrogens with zero attached hydrogens (tertiary/aromatic N) is 2. The Bertz CT molecular complexity index is 267. The number of ether oxygens (including phenoxy) is 1. The molecule has 2 aliphatic heterocycles. The quantitative estimate of drug-likeness (QED) is 0.598. The van der Waals surface area contributed by atoms with E-state index in [-0.39, 0.29) is 13.2 Å². The number of nitriles is 1. The summed E-state index contributed by atoms with van der Waals surface area (Å²) in [6.07, 6.45) is -1.37. The molecule has 2 heterocycles. The second kappa shape index (κ2) is 3.43. The Labute approximate surface area is 80.2 Å². The maximum atomic E-state index is 9.22. The van der Waals surface area contributed by atoms with Gasteiger partial charge in [-0.3, -0.25) is 4.84 Å². The van der Waals surface area contributed by atoms with Crippen LogP contribution in [0, 0.1) is 11.3 Å². The Hall–Kier alpha value is -0.750. The smallest absolute Gasteiger partial charge is 0.187 e. The normalized spacial score (nSPS) is 42.4. The third kappa shape index (κ3) is 1.14. The van der Waals surface area contributed by atoms with E-state index in [4.69, 9.17) is 19.7 Å². The van der Waals surface area contributed by atoms with Crippen LogP contribution in [0.15, 0.2) is 0 Å². The van der Waals surface area contributed by atoms with E-state index in [9.17, 15) is 5.11 Å². The van der Waals surface area contributed by atoms with E-state index >= 15 is 0 Å². The van der Waals surface area contributed by atoms with Crippen LogP contribution in [0.3, 0.4) is 0 Å². The standard InChI is InChI=1S/C7H10N2O5/c1-11-9-13-6-3-12-5(2-8)7(6,4-10)14-9/h5-6,10H,3-4H2,1H3. The molecular weight excluding hydrogens is 192 g/mol. The van der Waals surface area contributed by atoms with Crippen LogP contribution < -0.4 is 0 Å². The fourth-order valence-corrected chi connectivity index (χ4v) is 1.57. The molecule has 1 N–H and O–H groups in total. The van der Waals surface area contributed by atoms with E-state index in [0.29, 0.717) is 0 Å². The zero-order chi connectivity index (χ0) is 10.2. The molecule has 3 unspecified atom stereocenters. The summed E-state index contributed by atoms with van der Waals surface area (Å²) in [4.78, 5) is 15.0. The summed E-state index contributed by atoms with van der Waals surface area (Å²) in [5, 5.41) is 18.8. The zero-order valence-electron chi connectivity index (χ0n) is 7.54. The Balaban J connectivity index is 2.21. The van der Waals surface area contributed by atoms with Crippen molar-refractivity contribution in [2.75, 3.05) is 20.3 Å². The van der Waals surface area contributed by atoms with Gasteiger partial charge in [0, 0.05) is 0 Å². The fraction of sp³-hybridized carbons (Fsp3) is 0.857. The molecule has 7 heteroatoms. The topological polar surface area (TPSA) is 84.2 Å². The lowest BCUT2D eigenvalue weighted by Gasteiger charge is -2.23. The minimum atomic E-state index is -1.16. The first-order valence-electron chi connectivity index (χ1n) is 4.09. The van der Waals surface area contributed by atoms with Crippen molar-refractivity contribution in [2.45, 2.75) is 17.8 Å². The number of rotatable bonds is 2. The van der Waals surface area contributed by atoms with E-state index < -0.39 is 17.8 Å². The van der Waals surface area contributed by atoms with Crippen molar-refractivity contribution in [3.05, 3.63) is 0 Å².